The van der Waals surface area contributed by atoms with Gasteiger partial charge in [0.05, 0.1) is 0 Å². The number of carbonyl (C=O) groups is 1. The fourth-order valence-electron chi connectivity index (χ4n) is 2.31. The van der Waals surface area contributed by atoms with Gasteiger partial charge in [0.2, 0.25) is 0 Å². The first-order chi connectivity index (χ1) is 7.79. The Bertz CT molecular complexity index is 562. The van der Waals surface area contributed by atoms with Crippen molar-refractivity contribution in [3.8, 4) is 0 Å². The summed E-state index contributed by atoms with van der Waals surface area (Å²) < 4.78 is 0. The highest BCUT2D eigenvalue weighted by molar-refractivity contribution is 5.92. The topological polar surface area (TPSA) is 43.1 Å². The van der Waals surface area contributed by atoms with Gasteiger partial charge in [0.25, 0.3) is 0 Å². The van der Waals surface area contributed by atoms with E-state index in [1.807, 2.05) is 30.3 Å². The van der Waals surface area contributed by atoms with Crippen LogP contribution < -0.4 is 5.73 Å². The van der Waals surface area contributed by atoms with Gasteiger partial charge in [-0.2, -0.15) is 0 Å². The lowest BCUT2D eigenvalue weighted by Crippen LogP contribution is -2.01. The van der Waals surface area contributed by atoms with Gasteiger partial charge in [-0.15, -0.1) is 0 Å². The number of carbonyl (C=O) groups excluding carboxylic acids is 1. The quantitative estimate of drug-likeness (QED) is 0.775. The first-order valence-electron chi connectivity index (χ1n) is 5.53. The van der Waals surface area contributed by atoms with Gasteiger partial charge in [-0.3, -0.25) is 4.79 Å². The molecule has 0 spiro atoms. The third-order valence-corrected chi connectivity index (χ3v) is 3.29. The average Bonchev–Trinajstić information content (AvgIpc) is 3.05. The molecule has 2 aromatic rings. The van der Waals surface area contributed by atoms with Crippen LogP contribution in [0.25, 0.3) is 10.8 Å². The Morgan fingerprint density at radius 3 is 2.69 bits per heavy atom. The highest BCUT2D eigenvalue weighted by Crippen LogP contribution is 2.42. The molecule has 1 aliphatic carbocycles. The van der Waals surface area contributed by atoms with Crippen LogP contribution in [0.2, 0.25) is 0 Å². The second kappa shape index (κ2) is 3.42. The van der Waals surface area contributed by atoms with E-state index < -0.39 is 0 Å². The monoisotopic (exact) mass is 211 g/mol. The summed E-state index contributed by atoms with van der Waals surface area (Å²) in [6.45, 7) is 0. The lowest BCUT2D eigenvalue weighted by molar-refractivity contribution is 0.112. The van der Waals surface area contributed by atoms with Crippen LogP contribution in [0.5, 0.6) is 0 Å². The zero-order chi connectivity index (χ0) is 11.1. The maximum atomic E-state index is 10.9. The Morgan fingerprint density at radius 2 is 2.00 bits per heavy atom. The molecular weight excluding hydrogens is 198 g/mol. The fraction of sp³-hybridized carbons (Fsp3) is 0.214. The maximum absolute atomic E-state index is 10.9. The number of benzene rings is 2. The molecule has 1 saturated carbocycles. The molecule has 2 nitrogen and oxygen atoms in total. The standard InChI is InChI=1S/C14H13NO/c15-14-7-13(14)12-6-9(8-16)5-10-3-1-2-4-11(10)12/h1-6,8,13-14H,7,15H2. The van der Waals surface area contributed by atoms with Gasteiger partial charge in [-0.1, -0.05) is 24.3 Å². The third kappa shape index (κ3) is 1.42. The van der Waals surface area contributed by atoms with Gasteiger partial charge < -0.3 is 5.73 Å². The molecule has 0 amide bonds. The van der Waals surface area contributed by atoms with Crippen LogP contribution in [-0.2, 0) is 0 Å². The summed E-state index contributed by atoms with van der Waals surface area (Å²) >= 11 is 0. The minimum atomic E-state index is 0.269. The lowest BCUT2D eigenvalue weighted by Gasteiger charge is -2.06. The molecule has 2 heteroatoms. The molecule has 0 heterocycles. The van der Waals surface area contributed by atoms with Gasteiger partial charge in [0.15, 0.2) is 0 Å². The van der Waals surface area contributed by atoms with Crippen LogP contribution in [0, 0.1) is 0 Å². The molecule has 1 fully saturated rings. The van der Waals surface area contributed by atoms with Crippen LogP contribution in [-0.4, -0.2) is 12.3 Å². The van der Waals surface area contributed by atoms with E-state index in [0.717, 1.165) is 23.7 Å². The Balaban J connectivity index is 2.27. The van der Waals surface area contributed by atoms with Gasteiger partial charge in [0, 0.05) is 17.5 Å². The van der Waals surface area contributed by atoms with E-state index in [0.29, 0.717) is 5.92 Å². The first-order valence-corrected chi connectivity index (χ1v) is 5.53. The third-order valence-electron chi connectivity index (χ3n) is 3.29. The maximum Gasteiger partial charge on any atom is 0.150 e. The summed E-state index contributed by atoms with van der Waals surface area (Å²) in [5.41, 5.74) is 7.87. The second-order valence-corrected chi connectivity index (χ2v) is 4.46. The summed E-state index contributed by atoms with van der Waals surface area (Å²) in [7, 11) is 0. The average molecular weight is 211 g/mol. The normalized spacial score (nSPS) is 23.3. The number of aldehydes is 1. The van der Waals surface area contributed by atoms with E-state index >= 15 is 0 Å². The Labute approximate surface area is 94.1 Å². The number of hydrogen-bond acceptors (Lipinski definition) is 2. The molecule has 2 N–H and O–H groups in total. The summed E-state index contributed by atoms with van der Waals surface area (Å²) in [4.78, 5) is 10.9. The molecule has 1 aliphatic rings. The number of rotatable bonds is 2. The molecular formula is C14H13NO. The lowest BCUT2D eigenvalue weighted by atomic mass is 9.98. The van der Waals surface area contributed by atoms with E-state index in [1.54, 1.807) is 0 Å². The summed E-state index contributed by atoms with van der Waals surface area (Å²) in [5.74, 6) is 0.435. The Kier molecular flexibility index (Phi) is 2.04. The number of hydrogen-bond donors (Lipinski definition) is 1. The van der Waals surface area contributed by atoms with Gasteiger partial charge in [0.1, 0.15) is 6.29 Å². The summed E-state index contributed by atoms with van der Waals surface area (Å²) in [5, 5.41) is 2.35. The van der Waals surface area contributed by atoms with Gasteiger partial charge in [-0.05, 0) is 34.9 Å². The van der Waals surface area contributed by atoms with Crippen molar-refractivity contribution in [2.24, 2.45) is 5.73 Å². The Hall–Kier alpha value is -1.67. The SMILES string of the molecule is NC1CC1c1cc(C=O)cc2ccccc12. The van der Waals surface area contributed by atoms with E-state index in [2.05, 4.69) is 6.07 Å². The minimum absolute atomic E-state index is 0.269. The Morgan fingerprint density at radius 1 is 1.25 bits per heavy atom. The minimum Gasteiger partial charge on any atom is -0.327 e. The molecule has 80 valence electrons. The van der Waals surface area contributed by atoms with E-state index in [1.165, 1.54) is 10.9 Å². The van der Waals surface area contributed by atoms with Crippen molar-refractivity contribution in [3.63, 3.8) is 0 Å². The van der Waals surface area contributed by atoms with Gasteiger partial charge >= 0.3 is 0 Å². The molecule has 0 aromatic heterocycles. The first kappa shape index (κ1) is 9.55. The predicted octanol–water partition coefficient (Wildman–Crippen LogP) is 2.47. The highest BCUT2D eigenvalue weighted by Gasteiger charge is 2.35. The zero-order valence-electron chi connectivity index (χ0n) is 8.89. The molecule has 2 aromatic carbocycles. The molecule has 0 saturated heterocycles. The van der Waals surface area contributed by atoms with E-state index in [4.69, 9.17) is 5.73 Å². The fourth-order valence-corrected chi connectivity index (χ4v) is 2.31. The van der Waals surface area contributed by atoms with Crippen LogP contribution in [0.3, 0.4) is 0 Å². The number of fused-ring (bicyclic) bond motifs is 1. The molecule has 0 radical (unpaired) electrons. The van der Waals surface area contributed by atoms with E-state index in [9.17, 15) is 4.79 Å². The van der Waals surface area contributed by atoms with Crippen molar-refractivity contribution in [2.45, 2.75) is 18.4 Å². The molecule has 16 heavy (non-hydrogen) atoms. The van der Waals surface area contributed by atoms with Crippen LogP contribution in [0.1, 0.15) is 28.3 Å². The van der Waals surface area contributed by atoms with Crippen LogP contribution in [0.4, 0.5) is 0 Å². The zero-order valence-corrected chi connectivity index (χ0v) is 8.89. The molecule has 2 unspecified atom stereocenters. The van der Waals surface area contributed by atoms with Crippen molar-refractivity contribution >= 4 is 17.1 Å². The number of nitrogens with two attached hydrogens (primary N) is 1. The van der Waals surface area contributed by atoms with Crippen molar-refractivity contribution in [1.82, 2.24) is 0 Å². The second-order valence-electron chi connectivity index (χ2n) is 4.46. The van der Waals surface area contributed by atoms with Crippen molar-refractivity contribution in [2.75, 3.05) is 0 Å². The van der Waals surface area contributed by atoms with Crippen LogP contribution in [0.15, 0.2) is 36.4 Å². The van der Waals surface area contributed by atoms with Crippen molar-refractivity contribution in [1.29, 1.82) is 0 Å². The largest absolute Gasteiger partial charge is 0.327 e. The van der Waals surface area contributed by atoms with Gasteiger partial charge in [-0.25, -0.2) is 0 Å². The highest BCUT2D eigenvalue weighted by atomic mass is 16.1. The smallest absolute Gasteiger partial charge is 0.150 e. The molecule has 2 atom stereocenters. The van der Waals surface area contributed by atoms with Crippen molar-refractivity contribution in [3.05, 3.63) is 47.5 Å². The van der Waals surface area contributed by atoms with Crippen molar-refractivity contribution < 1.29 is 4.79 Å². The van der Waals surface area contributed by atoms with E-state index in [-0.39, 0.29) is 6.04 Å². The predicted molar refractivity (Wildman–Crippen MR) is 64.7 cm³/mol. The molecule has 0 aliphatic heterocycles. The molecule has 0 bridgehead atoms. The summed E-state index contributed by atoms with van der Waals surface area (Å²) in [6.07, 6.45) is 1.94. The summed E-state index contributed by atoms with van der Waals surface area (Å²) in [6, 6.07) is 12.3. The molecule has 3 rings (SSSR count). The van der Waals surface area contributed by atoms with Crippen LogP contribution >= 0.6 is 0 Å².